The molecule has 4 rings (SSSR count). The highest BCUT2D eigenvalue weighted by atomic mass is 16.2. The molecule has 0 unspecified atom stereocenters. The van der Waals surface area contributed by atoms with Crippen LogP contribution in [0, 0.1) is 12.8 Å². The second-order valence-electron chi connectivity index (χ2n) is 9.07. The minimum Gasteiger partial charge on any atom is -0.352 e. The highest BCUT2D eigenvalue weighted by Gasteiger charge is 2.30. The number of fused-ring (bicyclic) bond motifs is 1. The van der Waals surface area contributed by atoms with Crippen LogP contribution in [0.2, 0.25) is 0 Å². The van der Waals surface area contributed by atoms with E-state index in [9.17, 15) is 9.59 Å². The lowest BCUT2D eigenvalue weighted by Gasteiger charge is -2.24. The number of amides is 2. The summed E-state index contributed by atoms with van der Waals surface area (Å²) in [6.07, 6.45) is 7.64. The van der Waals surface area contributed by atoms with Crippen molar-refractivity contribution < 1.29 is 9.59 Å². The lowest BCUT2D eigenvalue weighted by atomic mass is 10.0. The largest absolute Gasteiger partial charge is 0.352 e. The average molecular weight is 476 g/mol. The molecule has 1 aliphatic heterocycles. The number of nitrogens with zero attached hydrogens (tertiary/aromatic N) is 3. The van der Waals surface area contributed by atoms with E-state index >= 15 is 0 Å². The molecule has 0 saturated heterocycles. The molecule has 1 aromatic carbocycles. The highest BCUT2D eigenvalue weighted by molar-refractivity contribution is 5.96. The van der Waals surface area contributed by atoms with E-state index in [-0.39, 0.29) is 17.7 Å². The van der Waals surface area contributed by atoms with E-state index in [4.69, 9.17) is 0 Å². The minimum absolute atomic E-state index is 0.111. The van der Waals surface area contributed by atoms with E-state index in [0.717, 1.165) is 46.6 Å². The quantitative estimate of drug-likeness (QED) is 0.622. The van der Waals surface area contributed by atoms with Gasteiger partial charge in [-0.25, -0.2) is 0 Å². The molecule has 0 radical (unpaired) electrons. The topological polar surface area (TPSA) is 79.3 Å². The molecular weight excluding hydrogens is 438 g/mol. The van der Waals surface area contributed by atoms with Crippen LogP contribution >= 0.6 is 0 Å². The van der Waals surface area contributed by atoms with Crippen LogP contribution in [0.3, 0.4) is 0 Å². The first-order chi connectivity index (χ1) is 16.7. The molecule has 2 aromatic rings. The zero-order chi connectivity index (χ0) is 25.7. The van der Waals surface area contributed by atoms with Gasteiger partial charge in [0, 0.05) is 30.6 Å². The van der Waals surface area contributed by atoms with Crippen molar-refractivity contribution in [3.05, 3.63) is 82.3 Å². The van der Waals surface area contributed by atoms with Gasteiger partial charge in [-0.2, -0.15) is 5.10 Å². The van der Waals surface area contributed by atoms with Crippen LogP contribution < -0.4 is 10.6 Å². The Morgan fingerprint density at radius 1 is 1.26 bits per heavy atom. The van der Waals surface area contributed by atoms with Gasteiger partial charge in [-0.05, 0) is 62.9 Å². The molecule has 2 amide bonds. The zero-order valence-electron chi connectivity index (χ0n) is 21.7. The number of nitrogens with one attached hydrogen (secondary N) is 2. The van der Waals surface area contributed by atoms with Gasteiger partial charge in [0.1, 0.15) is 5.82 Å². The van der Waals surface area contributed by atoms with Crippen molar-refractivity contribution >= 4 is 17.6 Å². The third-order valence-electron chi connectivity index (χ3n) is 6.02. The Hall–Kier alpha value is -3.61. The highest BCUT2D eigenvalue weighted by Crippen LogP contribution is 2.31. The molecule has 1 saturated carbocycles. The molecule has 7 heteroatoms. The van der Waals surface area contributed by atoms with Gasteiger partial charge in [0.2, 0.25) is 5.91 Å². The Morgan fingerprint density at radius 3 is 2.60 bits per heavy atom. The first-order valence-corrected chi connectivity index (χ1v) is 12.3. The van der Waals surface area contributed by atoms with Crippen molar-refractivity contribution in [3.63, 3.8) is 0 Å². The summed E-state index contributed by atoms with van der Waals surface area (Å²) in [5, 5.41) is 10.6. The van der Waals surface area contributed by atoms with Crippen molar-refractivity contribution in [1.82, 2.24) is 20.0 Å². The SMILES string of the molecule is C=C1Nc2c(cnn2C)CN(C(=O)c2ccc(CNC(=O)C3CC3)c(C)c2)/C1=C/C=C(C)C.CC. The first-order valence-electron chi connectivity index (χ1n) is 12.3. The standard InChI is InChI=1S/C26H31N5O2.C2H6/c1-16(2)6-11-23-18(4)29-24-22(14-28-30(24)5)15-31(23)26(33)20-9-10-21(17(3)12-20)13-27-25(32)19-7-8-19;1-2/h6,9-12,14,19,29H,4,7-8,13,15H2,1-3,5H3,(H,27,32);1-2H3/b23-11+;. The lowest BCUT2D eigenvalue weighted by molar-refractivity contribution is -0.122. The molecule has 7 nitrogen and oxygen atoms in total. The number of hydrogen-bond donors (Lipinski definition) is 2. The number of anilines is 1. The molecule has 0 spiro atoms. The molecule has 1 fully saturated rings. The summed E-state index contributed by atoms with van der Waals surface area (Å²) in [5.41, 5.74) is 5.98. The van der Waals surface area contributed by atoms with Crippen LogP contribution in [-0.4, -0.2) is 26.5 Å². The third kappa shape index (κ3) is 6.10. The van der Waals surface area contributed by atoms with Crippen molar-refractivity contribution in [2.24, 2.45) is 13.0 Å². The average Bonchev–Trinajstić information content (AvgIpc) is 3.65. The molecule has 0 bridgehead atoms. The monoisotopic (exact) mass is 475 g/mol. The molecule has 2 N–H and O–H groups in total. The van der Waals surface area contributed by atoms with E-state index in [2.05, 4.69) is 22.3 Å². The van der Waals surface area contributed by atoms with Crippen LogP contribution in [0.5, 0.6) is 0 Å². The smallest absolute Gasteiger partial charge is 0.258 e. The van der Waals surface area contributed by atoms with Crippen molar-refractivity contribution in [3.8, 4) is 0 Å². The van der Waals surface area contributed by atoms with Gasteiger partial charge in [0.15, 0.2) is 0 Å². The van der Waals surface area contributed by atoms with Crippen LogP contribution in [0.25, 0.3) is 0 Å². The fourth-order valence-corrected chi connectivity index (χ4v) is 3.86. The Kier molecular flexibility index (Phi) is 8.33. The maximum Gasteiger partial charge on any atom is 0.258 e. The second kappa shape index (κ2) is 11.2. The number of carbonyl (C=O) groups excluding carboxylic acids is 2. The van der Waals surface area contributed by atoms with Gasteiger partial charge < -0.3 is 15.5 Å². The number of rotatable bonds is 5. The van der Waals surface area contributed by atoms with Crippen molar-refractivity contribution in [2.75, 3.05) is 5.32 Å². The fourth-order valence-electron chi connectivity index (χ4n) is 3.86. The maximum atomic E-state index is 13.7. The van der Waals surface area contributed by atoms with E-state index in [1.807, 2.05) is 72.0 Å². The summed E-state index contributed by atoms with van der Waals surface area (Å²) in [5.74, 6) is 1.02. The minimum atomic E-state index is -0.111. The summed E-state index contributed by atoms with van der Waals surface area (Å²) < 4.78 is 1.75. The number of carbonyl (C=O) groups is 2. The van der Waals surface area contributed by atoms with Crippen molar-refractivity contribution in [1.29, 1.82) is 0 Å². The predicted molar refractivity (Wildman–Crippen MR) is 140 cm³/mol. The number of benzene rings is 1. The molecule has 186 valence electrons. The summed E-state index contributed by atoms with van der Waals surface area (Å²) in [4.78, 5) is 27.4. The van der Waals surface area contributed by atoms with Crippen LogP contribution in [-0.2, 0) is 24.9 Å². The van der Waals surface area contributed by atoms with Gasteiger partial charge >= 0.3 is 0 Å². The van der Waals surface area contributed by atoms with E-state index in [1.54, 1.807) is 15.8 Å². The van der Waals surface area contributed by atoms with E-state index in [0.29, 0.717) is 24.4 Å². The predicted octanol–water partition coefficient (Wildman–Crippen LogP) is 5.21. The van der Waals surface area contributed by atoms with Gasteiger partial charge in [0.05, 0.1) is 24.1 Å². The van der Waals surface area contributed by atoms with Gasteiger partial charge in [-0.3, -0.25) is 14.3 Å². The number of aryl methyl sites for hydroxylation is 2. The summed E-state index contributed by atoms with van der Waals surface area (Å²) >= 11 is 0. The number of hydrogen-bond acceptors (Lipinski definition) is 4. The molecular formula is C28H37N5O2. The molecule has 1 aromatic heterocycles. The summed E-state index contributed by atoms with van der Waals surface area (Å²) in [6, 6.07) is 5.65. The molecule has 35 heavy (non-hydrogen) atoms. The van der Waals surface area contributed by atoms with Crippen LogP contribution in [0.4, 0.5) is 5.82 Å². The molecule has 2 aliphatic rings. The first kappa shape index (κ1) is 26.0. The molecule has 1 aliphatic carbocycles. The van der Waals surface area contributed by atoms with E-state index in [1.165, 1.54) is 0 Å². The summed E-state index contributed by atoms with van der Waals surface area (Å²) in [7, 11) is 1.86. The molecule has 0 atom stereocenters. The van der Waals surface area contributed by atoms with Gasteiger partial charge in [-0.15, -0.1) is 0 Å². The number of allylic oxidation sites excluding steroid dienone is 3. The number of aromatic nitrogens is 2. The molecule has 2 heterocycles. The lowest BCUT2D eigenvalue weighted by Crippen LogP contribution is -2.30. The fraction of sp³-hybridized carbons (Fsp3) is 0.393. The normalized spacial score (nSPS) is 15.9. The maximum absolute atomic E-state index is 13.7. The Bertz CT molecular complexity index is 1180. The van der Waals surface area contributed by atoms with Crippen LogP contribution in [0.1, 0.15) is 67.6 Å². The second-order valence-corrected chi connectivity index (χ2v) is 9.07. The Labute approximate surface area is 208 Å². The van der Waals surface area contributed by atoms with E-state index < -0.39 is 0 Å². The van der Waals surface area contributed by atoms with Crippen molar-refractivity contribution in [2.45, 2.75) is 60.5 Å². The van der Waals surface area contributed by atoms with Crippen LogP contribution in [0.15, 0.2) is 60.1 Å². The third-order valence-corrected chi connectivity index (χ3v) is 6.02. The Balaban J connectivity index is 0.00000167. The van der Waals surface area contributed by atoms with Gasteiger partial charge in [-0.1, -0.05) is 38.1 Å². The summed E-state index contributed by atoms with van der Waals surface area (Å²) in [6.45, 7) is 15.0. The van der Waals surface area contributed by atoms with Gasteiger partial charge in [0.25, 0.3) is 5.91 Å². The zero-order valence-corrected chi connectivity index (χ0v) is 21.7. The Morgan fingerprint density at radius 2 is 1.97 bits per heavy atom.